The second-order valence-electron chi connectivity index (χ2n) is 4.10. The van der Waals surface area contributed by atoms with Gasteiger partial charge in [0, 0.05) is 12.1 Å². The van der Waals surface area contributed by atoms with Crippen LogP contribution in [-0.4, -0.2) is 29.3 Å². The Bertz CT molecular complexity index is 540. The quantitative estimate of drug-likeness (QED) is 0.613. The first-order valence-corrected chi connectivity index (χ1v) is 6.53. The number of benzene rings is 1. The molecular weight excluding hydrogens is 258 g/mol. The number of carbonyl (C=O) groups is 1. The summed E-state index contributed by atoms with van der Waals surface area (Å²) in [5, 5.41) is 11.0. The Morgan fingerprint density at radius 2 is 2.10 bits per heavy atom. The lowest BCUT2D eigenvalue weighted by Crippen LogP contribution is -2.19. The summed E-state index contributed by atoms with van der Waals surface area (Å²) in [5.41, 5.74) is 0.887. The van der Waals surface area contributed by atoms with Gasteiger partial charge >= 0.3 is 5.97 Å². The topological polar surface area (TPSA) is 77.2 Å². The van der Waals surface area contributed by atoms with E-state index >= 15 is 0 Å². The standard InChI is InChI=1S/C14H17N3O3/c1-2-19-13(18)8-9-15-10-12-16-17-14(20-12)11-6-4-3-5-7-11/h3-7,15H,2,8-10H2,1H3. The van der Waals surface area contributed by atoms with Crippen LogP contribution in [0.1, 0.15) is 19.2 Å². The van der Waals surface area contributed by atoms with E-state index in [0.717, 1.165) is 5.56 Å². The van der Waals surface area contributed by atoms with E-state index < -0.39 is 0 Å². The van der Waals surface area contributed by atoms with Crippen LogP contribution in [0.2, 0.25) is 0 Å². The maximum absolute atomic E-state index is 11.1. The monoisotopic (exact) mass is 275 g/mol. The molecule has 0 radical (unpaired) electrons. The van der Waals surface area contributed by atoms with E-state index in [1.807, 2.05) is 30.3 Å². The summed E-state index contributed by atoms with van der Waals surface area (Å²) in [5.74, 6) is 0.774. The van der Waals surface area contributed by atoms with Gasteiger partial charge in [0.05, 0.1) is 19.6 Å². The number of carbonyl (C=O) groups excluding carboxylic acids is 1. The normalized spacial score (nSPS) is 10.4. The maximum Gasteiger partial charge on any atom is 0.307 e. The van der Waals surface area contributed by atoms with Crippen molar-refractivity contribution < 1.29 is 13.9 Å². The molecule has 0 spiro atoms. The molecule has 20 heavy (non-hydrogen) atoms. The Hall–Kier alpha value is -2.21. The lowest BCUT2D eigenvalue weighted by atomic mass is 10.2. The van der Waals surface area contributed by atoms with E-state index in [0.29, 0.717) is 37.9 Å². The van der Waals surface area contributed by atoms with Crippen molar-refractivity contribution in [3.05, 3.63) is 36.2 Å². The van der Waals surface area contributed by atoms with Gasteiger partial charge in [0.25, 0.3) is 0 Å². The van der Waals surface area contributed by atoms with Crippen molar-refractivity contribution >= 4 is 5.97 Å². The van der Waals surface area contributed by atoms with Gasteiger partial charge in [0.2, 0.25) is 11.8 Å². The van der Waals surface area contributed by atoms with Crippen molar-refractivity contribution in [2.45, 2.75) is 19.9 Å². The molecule has 0 aliphatic rings. The highest BCUT2D eigenvalue weighted by Crippen LogP contribution is 2.16. The third-order valence-corrected chi connectivity index (χ3v) is 2.58. The van der Waals surface area contributed by atoms with Gasteiger partial charge in [-0.2, -0.15) is 0 Å². The molecule has 2 aromatic rings. The molecule has 1 aromatic heterocycles. The van der Waals surface area contributed by atoms with Crippen LogP contribution < -0.4 is 5.32 Å². The van der Waals surface area contributed by atoms with E-state index in [9.17, 15) is 4.79 Å². The van der Waals surface area contributed by atoms with Gasteiger partial charge in [-0.05, 0) is 19.1 Å². The van der Waals surface area contributed by atoms with E-state index in [-0.39, 0.29) is 5.97 Å². The summed E-state index contributed by atoms with van der Waals surface area (Å²) < 4.78 is 10.3. The highest BCUT2D eigenvalue weighted by Gasteiger charge is 2.08. The van der Waals surface area contributed by atoms with Crippen molar-refractivity contribution in [2.75, 3.05) is 13.2 Å². The summed E-state index contributed by atoms with van der Waals surface area (Å²) in [4.78, 5) is 11.1. The van der Waals surface area contributed by atoms with Crippen LogP contribution in [0.4, 0.5) is 0 Å². The molecule has 0 saturated heterocycles. The largest absolute Gasteiger partial charge is 0.466 e. The smallest absolute Gasteiger partial charge is 0.307 e. The van der Waals surface area contributed by atoms with Gasteiger partial charge in [-0.15, -0.1) is 10.2 Å². The molecule has 6 nitrogen and oxygen atoms in total. The van der Waals surface area contributed by atoms with E-state index in [1.165, 1.54) is 0 Å². The number of nitrogens with zero attached hydrogens (tertiary/aromatic N) is 2. The Kier molecular flexibility index (Phi) is 5.25. The summed E-state index contributed by atoms with van der Waals surface area (Å²) in [7, 11) is 0. The molecule has 106 valence electrons. The predicted octanol–water partition coefficient (Wildman–Crippen LogP) is 1.78. The van der Waals surface area contributed by atoms with Gasteiger partial charge in [0.1, 0.15) is 0 Å². The molecule has 2 rings (SSSR count). The van der Waals surface area contributed by atoms with Crippen molar-refractivity contribution in [2.24, 2.45) is 0 Å². The second kappa shape index (κ2) is 7.40. The zero-order valence-corrected chi connectivity index (χ0v) is 11.3. The number of aromatic nitrogens is 2. The molecule has 1 heterocycles. The van der Waals surface area contributed by atoms with Crippen LogP contribution in [0.15, 0.2) is 34.7 Å². The molecule has 0 saturated carbocycles. The Labute approximate surface area is 117 Å². The molecular formula is C14H17N3O3. The third kappa shape index (κ3) is 4.17. The number of rotatable bonds is 7. The Morgan fingerprint density at radius 3 is 2.85 bits per heavy atom. The molecule has 0 atom stereocenters. The van der Waals surface area contributed by atoms with Gasteiger partial charge in [-0.3, -0.25) is 4.79 Å². The molecule has 0 aliphatic heterocycles. The summed E-state index contributed by atoms with van der Waals surface area (Å²) in [6.07, 6.45) is 0.327. The van der Waals surface area contributed by atoms with Crippen molar-refractivity contribution in [1.82, 2.24) is 15.5 Å². The Morgan fingerprint density at radius 1 is 1.30 bits per heavy atom. The Balaban J connectivity index is 1.78. The van der Waals surface area contributed by atoms with Crippen LogP contribution in [0, 0.1) is 0 Å². The molecule has 1 N–H and O–H groups in total. The van der Waals surface area contributed by atoms with Crippen LogP contribution >= 0.6 is 0 Å². The van der Waals surface area contributed by atoms with Crippen molar-refractivity contribution in [1.29, 1.82) is 0 Å². The lowest BCUT2D eigenvalue weighted by Gasteiger charge is -2.01. The van der Waals surface area contributed by atoms with Gasteiger partial charge in [-0.25, -0.2) is 0 Å². The molecule has 0 fully saturated rings. The highest BCUT2D eigenvalue weighted by molar-refractivity contribution is 5.69. The van der Waals surface area contributed by atoms with Crippen LogP contribution in [0.3, 0.4) is 0 Å². The van der Waals surface area contributed by atoms with Gasteiger partial charge < -0.3 is 14.5 Å². The average Bonchev–Trinajstić information content (AvgIpc) is 2.94. The van der Waals surface area contributed by atoms with Gasteiger partial charge in [-0.1, -0.05) is 18.2 Å². The molecule has 0 unspecified atom stereocenters. The zero-order valence-electron chi connectivity index (χ0n) is 11.3. The molecule has 0 aliphatic carbocycles. The minimum absolute atomic E-state index is 0.212. The first-order valence-electron chi connectivity index (χ1n) is 6.53. The van der Waals surface area contributed by atoms with Crippen molar-refractivity contribution in [3.8, 4) is 11.5 Å². The molecule has 6 heteroatoms. The fourth-order valence-electron chi connectivity index (χ4n) is 1.64. The van der Waals surface area contributed by atoms with Crippen LogP contribution in [0.5, 0.6) is 0 Å². The van der Waals surface area contributed by atoms with E-state index in [1.54, 1.807) is 6.92 Å². The highest BCUT2D eigenvalue weighted by atomic mass is 16.5. The fraction of sp³-hybridized carbons (Fsp3) is 0.357. The first kappa shape index (κ1) is 14.2. The lowest BCUT2D eigenvalue weighted by molar-refractivity contribution is -0.142. The summed E-state index contributed by atoms with van der Waals surface area (Å²) in [6, 6.07) is 9.57. The minimum Gasteiger partial charge on any atom is -0.466 e. The van der Waals surface area contributed by atoms with Crippen LogP contribution in [-0.2, 0) is 16.1 Å². The summed E-state index contributed by atoms with van der Waals surface area (Å²) >= 11 is 0. The fourth-order valence-corrected chi connectivity index (χ4v) is 1.64. The molecule has 0 bridgehead atoms. The number of hydrogen-bond donors (Lipinski definition) is 1. The average molecular weight is 275 g/mol. The minimum atomic E-state index is -0.212. The van der Waals surface area contributed by atoms with Gasteiger partial charge in [0.15, 0.2) is 0 Å². The van der Waals surface area contributed by atoms with E-state index in [4.69, 9.17) is 9.15 Å². The third-order valence-electron chi connectivity index (χ3n) is 2.58. The number of hydrogen-bond acceptors (Lipinski definition) is 6. The molecule has 1 aromatic carbocycles. The zero-order chi connectivity index (χ0) is 14.2. The molecule has 0 amide bonds. The number of ether oxygens (including phenoxy) is 1. The SMILES string of the molecule is CCOC(=O)CCNCc1nnc(-c2ccccc2)o1. The summed E-state index contributed by atoms with van der Waals surface area (Å²) in [6.45, 7) is 3.14. The predicted molar refractivity (Wildman–Crippen MR) is 72.7 cm³/mol. The number of esters is 1. The van der Waals surface area contributed by atoms with Crippen LogP contribution in [0.25, 0.3) is 11.5 Å². The maximum atomic E-state index is 11.1. The first-order chi connectivity index (χ1) is 9.79. The second-order valence-corrected chi connectivity index (χ2v) is 4.10. The van der Waals surface area contributed by atoms with E-state index in [2.05, 4.69) is 15.5 Å². The van der Waals surface area contributed by atoms with Crippen molar-refractivity contribution in [3.63, 3.8) is 0 Å². The number of nitrogens with one attached hydrogen (secondary N) is 1.